The molecule has 4 amide bonds. The fourth-order valence-electron chi connectivity index (χ4n) is 3.86. The summed E-state index contributed by atoms with van der Waals surface area (Å²) in [7, 11) is 0. The number of halogens is 2. The smallest absolute Gasteiger partial charge is 0.332 e. The van der Waals surface area contributed by atoms with Gasteiger partial charge in [0, 0.05) is 12.2 Å². The predicted molar refractivity (Wildman–Crippen MR) is 126 cm³/mol. The monoisotopic (exact) mass is 479 g/mol. The number of urea groups is 1. The van der Waals surface area contributed by atoms with Gasteiger partial charge in [0.1, 0.15) is 23.4 Å². The van der Waals surface area contributed by atoms with Crippen LogP contribution in [0.25, 0.3) is 0 Å². The number of imide groups is 1. The van der Waals surface area contributed by atoms with E-state index in [9.17, 15) is 23.2 Å². The zero-order valence-electron chi connectivity index (χ0n) is 18.9. The number of ether oxygens (including phenoxy) is 1. The van der Waals surface area contributed by atoms with Crippen molar-refractivity contribution >= 4 is 29.2 Å². The summed E-state index contributed by atoms with van der Waals surface area (Å²) in [4.78, 5) is 41.5. The summed E-state index contributed by atoms with van der Waals surface area (Å²) in [5.41, 5.74) is 1.14. The van der Waals surface area contributed by atoms with Crippen LogP contribution in [0, 0.1) is 11.6 Å². The van der Waals surface area contributed by atoms with Crippen molar-refractivity contribution in [3.63, 3.8) is 0 Å². The molecule has 0 radical (unpaired) electrons. The van der Waals surface area contributed by atoms with Crippen molar-refractivity contribution in [3.05, 3.63) is 90.0 Å². The number of amides is 4. The quantitative estimate of drug-likeness (QED) is 0.474. The molecule has 0 saturated carbocycles. The van der Waals surface area contributed by atoms with Crippen LogP contribution in [0.1, 0.15) is 18.9 Å². The number of hydrogen-bond donors (Lipinski definition) is 1. The van der Waals surface area contributed by atoms with Crippen molar-refractivity contribution in [2.75, 3.05) is 16.8 Å². The SMILES string of the molecule is CCOc1ccc(NC(=O)C[C@H]2C(=O)N(c3ccc(F)cc3)C(=O)N2Cc2cccc(F)c2)cc1. The largest absolute Gasteiger partial charge is 0.494 e. The van der Waals surface area contributed by atoms with Gasteiger partial charge < -0.3 is 15.0 Å². The molecule has 1 N–H and O–H groups in total. The number of nitrogens with one attached hydrogen (secondary N) is 1. The number of rotatable bonds is 8. The molecule has 1 atom stereocenters. The Balaban J connectivity index is 1.56. The Morgan fingerprint density at radius 3 is 2.34 bits per heavy atom. The molecule has 0 aliphatic carbocycles. The molecule has 3 aromatic rings. The van der Waals surface area contributed by atoms with Crippen molar-refractivity contribution in [1.29, 1.82) is 0 Å². The van der Waals surface area contributed by atoms with E-state index < -0.39 is 35.5 Å². The third-order valence-corrected chi connectivity index (χ3v) is 5.47. The van der Waals surface area contributed by atoms with Crippen molar-refractivity contribution in [2.24, 2.45) is 0 Å². The van der Waals surface area contributed by atoms with Gasteiger partial charge in [-0.05, 0) is 73.2 Å². The van der Waals surface area contributed by atoms with Crippen LogP contribution >= 0.6 is 0 Å². The summed E-state index contributed by atoms with van der Waals surface area (Å²) < 4.78 is 32.5. The summed E-state index contributed by atoms with van der Waals surface area (Å²) in [6, 6.07) is 15.5. The first-order valence-corrected chi connectivity index (χ1v) is 11.0. The molecule has 180 valence electrons. The second kappa shape index (κ2) is 10.3. The molecule has 4 rings (SSSR count). The van der Waals surface area contributed by atoms with E-state index >= 15 is 0 Å². The van der Waals surface area contributed by atoms with Gasteiger partial charge in [-0.1, -0.05) is 12.1 Å². The minimum Gasteiger partial charge on any atom is -0.494 e. The molecule has 1 aliphatic heterocycles. The van der Waals surface area contributed by atoms with Gasteiger partial charge in [0.05, 0.1) is 18.7 Å². The van der Waals surface area contributed by atoms with Crippen LogP contribution in [0.5, 0.6) is 5.75 Å². The maximum Gasteiger partial charge on any atom is 0.332 e. The third-order valence-electron chi connectivity index (χ3n) is 5.47. The minimum atomic E-state index is -1.13. The third kappa shape index (κ3) is 5.46. The highest BCUT2D eigenvalue weighted by Crippen LogP contribution is 2.29. The molecule has 9 heteroatoms. The van der Waals surface area contributed by atoms with E-state index in [-0.39, 0.29) is 18.7 Å². The highest BCUT2D eigenvalue weighted by Gasteiger charge is 2.46. The number of nitrogens with zero attached hydrogens (tertiary/aromatic N) is 2. The summed E-state index contributed by atoms with van der Waals surface area (Å²) >= 11 is 0. The lowest BCUT2D eigenvalue weighted by Crippen LogP contribution is -2.37. The van der Waals surface area contributed by atoms with E-state index in [4.69, 9.17) is 4.74 Å². The van der Waals surface area contributed by atoms with Gasteiger partial charge in [-0.3, -0.25) is 9.59 Å². The van der Waals surface area contributed by atoms with Crippen LogP contribution < -0.4 is 15.0 Å². The maximum absolute atomic E-state index is 13.7. The molecule has 0 unspecified atom stereocenters. The van der Waals surface area contributed by atoms with Crippen LogP contribution in [0.3, 0.4) is 0 Å². The molecule has 35 heavy (non-hydrogen) atoms. The van der Waals surface area contributed by atoms with E-state index in [0.29, 0.717) is 23.6 Å². The molecule has 0 spiro atoms. The summed E-state index contributed by atoms with van der Waals surface area (Å²) in [6.45, 7) is 2.29. The van der Waals surface area contributed by atoms with E-state index in [2.05, 4.69) is 5.32 Å². The Hall–Kier alpha value is -4.27. The summed E-state index contributed by atoms with van der Waals surface area (Å²) in [6.07, 6.45) is -0.315. The minimum absolute atomic E-state index is 0.0823. The number of carbonyl (C=O) groups excluding carboxylic acids is 3. The Labute approximate surface area is 200 Å². The molecule has 0 bridgehead atoms. The van der Waals surface area contributed by atoms with Gasteiger partial charge in [0.25, 0.3) is 5.91 Å². The average molecular weight is 479 g/mol. The van der Waals surface area contributed by atoms with Gasteiger partial charge >= 0.3 is 6.03 Å². The highest BCUT2D eigenvalue weighted by atomic mass is 19.1. The number of anilines is 2. The molecular weight excluding hydrogens is 456 g/mol. The lowest BCUT2D eigenvalue weighted by molar-refractivity contribution is -0.124. The van der Waals surface area contributed by atoms with Gasteiger partial charge in [-0.15, -0.1) is 0 Å². The number of hydrogen-bond acceptors (Lipinski definition) is 4. The van der Waals surface area contributed by atoms with Crippen molar-refractivity contribution in [2.45, 2.75) is 25.9 Å². The van der Waals surface area contributed by atoms with E-state index in [1.54, 1.807) is 30.3 Å². The molecule has 1 aliphatic rings. The zero-order valence-corrected chi connectivity index (χ0v) is 18.9. The Bertz CT molecular complexity index is 1230. The molecule has 0 aromatic heterocycles. The molecule has 1 heterocycles. The number of benzene rings is 3. The second-order valence-corrected chi connectivity index (χ2v) is 7.92. The first-order valence-electron chi connectivity index (χ1n) is 11.0. The normalized spacial score (nSPS) is 15.5. The van der Waals surface area contributed by atoms with Gasteiger partial charge in [-0.2, -0.15) is 0 Å². The number of carbonyl (C=O) groups is 3. The van der Waals surface area contributed by atoms with Gasteiger partial charge in [0.15, 0.2) is 0 Å². The highest BCUT2D eigenvalue weighted by molar-refractivity contribution is 6.22. The fraction of sp³-hybridized carbons (Fsp3) is 0.192. The fourth-order valence-corrected chi connectivity index (χ4v) is 3.86. The lowest BCUT2D eigenvalue weighted by Gasteiger charge is -2.21. The second-order valence-electron chi connectivity index (χ2n) is 7.92. The van der Waals surface area contributed by atoms with Crippen LogP contribution in [0.2, 0.25) is 0 Å². The maximum atomic E-state index is 13.7. The lowest BCUT2D eigenvalue weighted by atomic mass is 10.1. The molecule has 3 aromatic carbocycles. The van der Waals surface area contributed by atoms with Crippen LogP contribution in [-0.4, -0.2) is 35.4 Å². The zero-order chi connectivity index (χ0) is 24.9. The van der Waals surface area contributed by atoms with E-state index in [1.807, 2.05) is 6.92 Å². The molecule has 1 saturated heterocycles. The van der Waals surface area contributed by atoms with Crippen LogP contribution in [0.4, 0.5) is 25.0 Å². The van der Waals surface area contributed by atoms with Crippen molar-refractivity contribution < 1.29 is 27.9 Å². The van der Waals surface area contributed by atoms with Crippen LogP contribution in [0.15, 0.2) is 72.8 Å². The summed E-state index contributed by atoms with van der Waals surface area (Å²) in [5, 5.41) is 2.72. The topological polar surface area (TPSA) is 79.0 Å². The van der Waals surface area contributed by atoms with Crippen molar-refractivity contribution in [1.82, 2.24) is 4.90 Å². The first kappa shape index (κ1) is 23.9. The standard InChI is InChI=1S/C26H23F2N3O4/c1-2-35-22-12-8-20(9-13-22)29-24(32)15-23-25(33)31(21-10-6-18(27)7-11-21)26(34)30(23)16-17-4-3-5-19(28)14-17/h3-14,23H,2,15-16H2,1H3,(H,29,32)/t23-/m0/s1. The van der Waals surface area contributed by atoms with E-state index in [0.717, 1.165) is 17.0 Å². The molecule has 1 fully saturated rings. The summed E-state index contributed by atoms with van der Waals surface area (Å²) in [5.74, 6) is -1.46. The first-order chi connectivity index (χ1) is 16.9. The van der Waals surface area contributed by atoms with Crippen LogP contribution in [-0.2, 0) is 16.1 Å². The Morgan fingerprint density at radius 2 is 1.69 bits per heavy atom. The Morgan fingerprint density at radius 1 is 0.971 bits per heavy atom. The Kier molecular flexibility index (Phi) is 7.05. The van der Waals surface area contributed by atoms with E-state index in [1.165, 1.54) is 35.2 Å². The predicted octanol–water partition coefficient (Wildman–Crippen LogP) is 4.73. The average Bonchev–Trinajstić information content (AvgIpc) is 3.05. The van der Waals surface area contributed by atoms with Gasteiger partial charge in [0.2, 0.25) is 5.91 Å². The van der Waals surface area contributed by atoms with Gasteiger partial charge in [-0.25, -0.2) is 18.5 Å². The van der Waals surface area contributed by atoms with Crippen molar-refractivity contribution in [3.8, 4) is 5.75 Å². The molecule has 7 nitrogen and oxygen atoms in total. The molecular formula is C26H23F2N3O4.